The number of rotatable bonds is 4. The van der Waals surface area contributed by atoms with Gasteiger partial charge in [0.05, 0.1) is 11.3 Å². The van der Waals surface area contributed by atoms with E-state index in [1.807, 2.05) is 0 Å². The van der Waals surface area contributed by atoms with Gasteiger partial charge in [-0.25, -0.2) is 9.78 Å². The third-order valence-corrected chi connectivity index (χ3v) is 3.14. The first-order valence-electron chi connectivity index (χ1n) is 5.52. The summed E-state index contributed by atoms with van der Waals surface area (Å²) in [5.41, 5.74) is 0.826. The Hall–Kier alpha value is -1.58. The van der Waals surface area contributed by atoms with E-state index in [1.165, 1.54) is 6.42 Å². The first kappa shape index (κ1) is 10.9. The number of nitrogens with one attached hydrogen (secondary N) is 1. The number of aromatic carboxylic acids is 1. The van der Waals surface area contributed by atoms with Crippen LogP contribution in [0.5, 0.6) is 0 Å². The minimum atomic E-state index is -0.924. The molecule has 1 aromatic heterocycles. The van der Waals surface area contributed by atoms with Crippen molar-refractivity contribution in [3.63, 3.8) is 0 Å². The Balaban J connectivity index is 2.00. The van der Waals surface area contributed by atoms with E-state index in [0.29, 0.717) is 5.69 Å². The van der Waals surface area contributed by atoms with Gasteiger partial charge in [-0.2, -0.15) is 0 Å². The van der Waals surface area contributed by atoms with E-state index < -0.39 is 5.97 Å². The lowest BCUT2D eigenvalue weighted by molar-refractivity contribution is 0.0695. The van der Waals surface area contributed by atoms with Gasteiger partial charge in [0.25, 0.3) is 0 Å². The Bertz CT molecular complexity index is 417. The van der Waals surface area contributed by atoms with Gasteiger partial charge < -0.3 is 10.4 Å². The molecule has 1 aromatic rings. The zero-order valence-corrected chi connectivity index (χ0v) is 9.53. The number of aromatic nitrogens is 1. The van der Waals surface area contributed by atoms with Crippen LogP contribution in [0.3, 0.4) is 0 Å². The molecule has 1 fully saturated rings. The molecule has 0 aliphatic heterocycles. The summed E-state index contributed by atoms with van der Waals surface area (Å²) in [6.45, 7) is 4.88. The van der Waals surface area contributed by atoms with Gasteiger partial charge >= 0.3 is 5.97 Å². The molecule has 4 nitrogen and oxygen atoms in total. The summed E-state index contributed by atoms with van der Waals surface area (Å²) in [6, 6.07) is 3.33. The van der Waals surface area contributed by atoms with E-state index in [9.17, 15) is 4.79 Å². The molecule has 1 saturated carbocycles. The highest BCUT2D eigenvalue weighted by Gasteiger charge is 2.31. The first-order chi connectivity index (χ1) is 7.58. The van der Waals surface area contributed by atoms with Crippen molar-refractivity contribution in [1.29, 1.82) is 0 Å². The molecule has 86 valence electrons. The number of aryl methyl sites for hydroxylation is 1. The highest BCUT2D eigenvalue weighted by atomic mass is 16.4. The molecule has 0 amide bonds. The fourth-order valence-electron chi connectivity index (χ4n) is 1.80. The molecule has 2 atom stereocenters. The summed E-state index contributed by atoms with van der Waals surface area (Å²) in [6.07, 6.45) is 1.28. The van der Waals surface area contributed by atoms with Gasteiger partial charge in [-0.1, -0.05) is 6.92 Å². The van der Waals surface area contributed by atoms with Crippen molar-refractivity contribution < 1.29 is 9.90 Å². The molecule has 1 heterocycles. The van der Waals surface area contributed by atoms with Crippen LogP contribution in [0.15, 0.2) is 12.1 Å². The first-order valence-corrected chi connectivity index (χ1v) is 5.52. The average Bonchev–Trinajstić information content (AvgIpc) is 2.91. The molecule has 0 aromatic carbocycles. The Morgan fingerprint density at radius 3 is 2.81 bits per heavy atom. The summed E-state index contributed by atoms with van der Waals surface area (Å²) in [7, 11) is 0. The molecule has 0 spiro atoms. The van der Waals surface area contributed by atoms with E-state index in [-0.39, 0.29) is 5.56 Å². The van der Waals surface area contributed by atoms with Gasteiger partial charge in [-0.05, 0) is 37.3 Å². The Morgan fingerprint density at radius 1 is 1.62 bits per heavy atom. The fourth-order valence-corrected chi connectivity index (χ4v) is 1.80. The Morgan fingerprint density at radius 2 is 2.31 bits per heavy atom. The minimum absolute atomic E-state index is 0.269. The van der Waals surface area contributed by atoms with Crippen LogP contribution in [0.25, 0.3) is 0 Å². The average molecular weight is 220 g/mol. The minimum Gasteiger partial charge on any atom is -0.478 e. The van der Waals surface area contributed by atoms with Crippen molar-refractivity contribution in [2.24, 2.45) is 11.8 Å². The number of nitrogens with zero attached hydrogens (tertiary/aromatic N) is 1. The van der Waals surface area contributed by atoms with Gasteiger partial charge in [-0.15, -0.1) is 0 Å². The lowest BCUT2D eigenvalue weighted by Gasteiger charge is -2.07. The van der Waals surface area contributed by atoms with E-state index in [1.54, 1.807) is 19.1 Å². The number of anilines is 1. The number of carboxylic acids is 1. The largest absolute Gasteiger partial charge is 0.478 e. The Labute approximate surface area is 94.7 Å². The number of carbonyl (C=O) groups is 1. The third-order valence-electron chi connectivity index (χ3n) is 3.14. The number of pyridine rings is 1. The van der Waals surface area contributed by atoms with Crippen LogP contribution in [0.4, 0.5) is 5.82 Å². The van der Waals surface area contributed by atoms with Crippen molar-refractivity contribution >= 4 is 11.8 Å². The second-order valence-corrected chi connectivity index (χ2v) is 4.49. The van der Waals surface area contributed by atoms with Crippen molar-refractivity contribution in [2.75, 3.05) is 11.9 Å². The highest BCUT2D eigenvalue weighted by Crippen LogP contribution is 2.37. The van der Waals surface area contributed by atoms with Crippen LogP contribution in [-0.2, 0) is 0 Å². The summed E-state index contributed by atoms with van der Waals surface area (Å²) >= 11 is 0. The van der Waals surface area contributed by atoms with Gasteiger partial charge in [0, 0.05) is 6.54 Å². The van der Waals surface area contributed by atoms with E-state index in [4.69, 9.17) is 5.11 Å². The Kier molecular flexibility index (Phi) is 2.81. The van der Waals surface area contributed by atoms with E-state index in [2.05, 4.69) is 17.2 Å². The lowest BCUT2D eigenvalue weighted by Crippen LogP contribution is -2.08. The van der Waals surface area contributed by atoms with Crippen LogP contribution in [0.1, 0.15) is 29.4 Å². The summed E-state index contributed by atoms with van der Waals surface area (Å²) in [5.74, 6) is 1.40. The van der Waals surface area contributed by atoms with Crippen LogP contribution >= 0.6 is 0 Å². The molecule has 4 heteroatoms. The predicted molar refractivity (Wildman–Crippen MR) is 61.7 cm³/mol. The fraction of sp³-hybridized carbons (Fsp3) is 0.500. The van der Waals surface area contributed by atoms with E-state index in [0.717, 1.165) is 24.2 Å². The zero-order valence-electron chi connectivity index (χ0n) is 9.53. The van der Waals surface area contributed by atoms with Crippen LogP contribution in [0.2, 0.25) is 0 Å². The van der Waals surface area contributed by atoms with Gasteiger partial charge in [0.2, 0.25) is 0 Å². The molecular formula is C12H16N2O2. The molecule has 1 aliphatic rings. The molecule has 0 radical (unpaired) electrons. The van der Waals surface area contributed by atoms with Gasteiger partial charge in [-0.3, -0.25) is 0 Å². The number of hydrogen-bond acceptors (Lipinski definition) is 3. The summed E-state index contributed by atoms with van der Waals surface area (Å²) in [4.78, 5) is 15.0. The van der Waals surface area contributed by atoms with Crippen molar-refractivity contribution in [3.8, 4) is 0 Å². The number of hydrogen-bond donors (Lipinski definition) is 2. The van der Waals surface area contributed by atoms with Crippen LogP contribution in [0, 0.1) is 18.8 Å². The zero-order chi connectivity index (χ0) is 11.7. The molecule has 2 rings (SSSR count). The predicted octanol–water partition coefficient (Wildman–Crippen LogP) is 2.16. The molecule has 16 heavy (non-hydrogen) atoms. The maximum atomic E-state index is 10.8. The summed E-state index contributed by atoms with van der Waals surface area (Å²) < 4.78 is 0. The van der Waals surface area contributed by atoms with Gasteiger partial charge in [0.1, 0.15) is 5.82 Å². The molecular weight excluding hydrogens is 204 g/mol. The number of carboxylic acid groups (broad SMARTS) is 1. The summed E-state index contributed by atoms with van der Waals surface area (Å²) in [5, 5.41) is 12.1. The van der Waals surface area contributed by atoms with Crippen LogP contribution < -0.4 is 5.32 Å². The van der Waals surface area contributed by atoms with Gasteiger partial charge in [0.15, 0.2) is 0 Å². The SMILES string of the molecule is Cc1nc(NCC2CC2C)ccc1C(=O)O. The standard InChI is InChI=1S/C12H16N2O2/c1-7-5-9(7)6-13-11-4-3-10(12(15)16)8(2)14-11/h3-4,7,9H,5-6H2,1-2H3,(H,13,14)(H,15,16). The normalized spacial score (nSPS) is 22.9. The highest BCUT2D eigenvalue weighted by molar-refractivity contribution is 5.89. The van der Waals surface area contributed by atoms with Crippen molar-refractivity contribution in [1.82, 2.24) is 4.98 Å². The van der Waals surface area contributed by atoms with E-state index >= 15 is 0 Å². The molecule has 2 unspecified atom stereocenters. The topological polar surface area (TPSA) is 62.2 Å². The molecule has 1 aliphatic carbocycles. The molecule has 2 N–H and O–H groups in total. The maximum Gasteiger partial charge on any atom is 0.337 e. The second kappa shape index (κ2) is 4.12. The molecule has 0 saturated heterocycles. The second-order valence-electron chi connectivity index (χ2n) is 4.49. The van der Waals surface area contributed by atoms with Crippen LogP contribution in [-0.4, -0.2) is 22.6 Å². The van der Waals surface area contributed by atoms with Crippen molar-refractivity contribution in [2.45, 2.75) is 20.3 Å². The quantitative estimate of drug-likeness (QED) is 0.816. The third kappa shape index (κ3) is 2.32. The lowest BCUT2D eigenvalue weighted by atomic mass is 10.2. The smallest absolute Gasteiger partial charge is 0.337 e. The monoisotopic (exact) mass is 220 g/mol. The van der Waals surface area contributed by atoms with Crippen molar-refractivity contribution in [3.05, 3.63) is 23.4 Å². The molecule has 0 bridgehead atoms. The maximum absolute atomic E-state index is 10.8.